The summed E-state index contributed by atoms with van der Waals surface area (Å²) >= 11 is 0. The molecule has 0 saturated carbocycles. The first-order chi connectivity index (χ1) is 7.29. The summed E-state index contributed by atoms with van der Waals surface area (Å²) in [6.45, 7) is 9.07. The summed E-state index contributed by atoms with van der Waals surface area (Å²) in [5.41, 5.74) is 0. The minimum absolute atomic E-state index is 1.17. The van der Waals surface area contributed by atoms with Gasteiger partial charge >= 0.3 is 0 Å². The van der Waals surface area contributed by atoms with E-state index in [1.807, 2.05) is 0 Å². The number of imidazole rings is 1. The van der Waals surface area contributed by atoms with E-state index in [0.717, 1.165) is 0 Å². The van der Waals surface area contributed by atoms with Gasteiger partial charge in [-0.15, -0.1) is 0 Å². The highest BCUT2D eigenvalue weighted by atomic mass is 15.1. The van der Waals surface area contributed by atoms with E-state index in [9.17, 15) is 0 Å². The summed E-state index contributed by atoms with van der Waals surface area (Å²) in [6, 6.07) is 0. The SMILES string of the molecule is CCCCCn1cc[n+](CCCC)c1C. The first-order valence-corrected chi connectivity index (χ1v) is 6.34. The maximum atomic E-state index is 2.38. The van der Waals surface area contributed by atoms with Gasteiger partial charge < -0.3 is 0 Å². The molecule has 86 valence electrons. The Morgan fingerprint density at radius 1 is 1.13 bits per heavy atom. The fourth-order valence-corrected chi connectivity index (χ4v) is 1.87. The Kier molecular flexibility index (Phi) is 5.44. The molecular formula is C13H25N2+. The van der Waals surface area contributed by atoms with Crippen molar-refractivity contribution < 1.29 is 4.57 Å². The van der Waals surface area contributed by atoms with E-state index in [0.29, 0.717) is 0 Å². The monoisotopic (exact) mass is 209 g/mol. The number of aromatic nitrogens is 2. The quantitative estimate of drug-likeness (QED) is 0.482. The first-order valence-electron chi connectivity index (χ1n) is 6.34. The molecule has 1 aromatic rings. The molecule has 0 aliphatic heterocycles. The summed E-state index contributed by atoms with van der Waals surface area (Å²) < 4.78 is 4.75. The maximum absolute atomic E-state index is 2.38. The Hall–Kier alpha value is -0.790. The van der Waals surface area contributed by atoms with Crippen LogP contribution in [0.15, 0.2) is 12.4 Å². The van der Waals surface area contributed by atoms with Crippen LogP contribution in [0.3, 0.4) is 0 Å². The Morgan fingerprint density at radius 2 is 1.87 bits per heavy atom. The highest BCUT2D eigenvalue weighted by Crippen LogP contribution is 2.01. The minimum Gasteiger partial charge on any atom is -0.234 e. The van der Waals surface area contributed by atoms with E-state index in [1.165, 1.54) is 51.0 Å². The van der Waals surface area contributed by atoms with Crippen molar-refractivity contribution >= 4 is 0 Å². The molecule has 1 aromatic heterocycles. The van der Waals surface area contributed by atoms with Gasteiger partial charge in [0.1, 0.15) is 12.4 Å². The molecule has 0 aliphatic carbocycles. The fraction of sp³-hybridized carbons (Fsp3) is 0.769. The second kappa shape index (κ2) is 6.65. The highest BCUT2D eigenvalue weighted by molar-refractivity contribution is 4.79. The topological polar surface area (TPSA) is 8.81 Å². The van der Waals surface area contributed by atoms with Crippen molar-refractivity contribution in [3.8, 4) is 0 Å². The molecule has 2 heteroatoms. The Balaban J connectivity index is 2.47. The lowest BCUT2D eigenvalue weighted by atomic mass is 10.2. The maximum Gasteiger partial charge on any atom is 0.253 e. The number of unbranched alkanes of at least 4 members (excludes halogenated alkanes) is 3. The van der Waals surface area contributed by atoms with Gasteiger partial charge in [0, 0.05) is 6.92 Å². The summed E-state index contributed by atoms with van der Waals surface area (Å²) in [5, 5.41) is 0. The standard InChI is InChI=1S/C13H25N2/c1-4-6-8-10-15-12-11-14(13(15)3)9-7-5-2/h11-12H,4-10H2,1-3H3/q+1. The molecule has 15 heavy (non-hydrogen) atoms. The minimum atomic E-state index is 1.17. The van der Waals surface area contributed by atoms with Gasteiger partial charge in [0.15, 0.2) is 0 Å². The average Bonchev–Trinajstić information content (AvgIpc) is 2.58. The molecule has 0 bridgehead atoms. The number of hydrogen-bond donors (Lipinski definition) is 0. The Labute approximate surface area is 93.9 Å². The van der Waals surface area contributed by atoms with Crippen LogP contribution in [0, 0.1) is 6.92 Å². The van der Waals surface area contributed by atoms with Crippen LogP contribution in [0.5, 0.6) is 0 Å². The molecule has 0 aromatic carbocycles. The van der Waals surface area contributed by atoms with Gasteiger partial charge in [-0.1, -0.05) is 26.7 Å². The van der Waals surface area contributed by atoms with Gasteiger partial charge in [-0.3, -0.25) is 0 Å². The molecule has 0 aliphatic rings. The second-order valence-electron chi connectivity index (χ2n) is 4.29. The molecule has 1 rings (SSSR count). The van der Waals surface area contributed by atoms with Crippen molar-refractivity contribution in [3.05, 3.63) is 18.2 Å². The lowest BCUT2D eigenvalue weighted by Gasteiger charge is -2.00. The number of aryl methyl sites for hydroxylation is 2. The van der Waals surface area contributed by atoms with Crippen LogP contribution in [-0.2, 0) is 13.1 Å². The molecule has 0 atom stereocenters. The van der Waals surface area contributed by atoms with Gasteiger partial charge in [0.25, 0.3) is 5.82 Å². The second-order valence-corrected chi connectivity index (χ2v) is 4.29. The summed E-state index contributed by atoms with van der Waals surface area (Å²) in [5.74, 6) is 1.40. The van der Waals surface area contributed by atoms with Crippen LogP contribution >= 0.6 is 0 Å². The van der Waals surface area contributed by atoms with E-state index in [2.05, 4.69) is 42.3 Å². The van der Waals surface area contributed by atoms with Gasteiger partial charge in [-0.05, 0) is 19.3 Å². The van der Waals surface area contributed by atoms with E-state index < -0.39 is 0 Å². The molecule has 0 N–H and O–H groups in total. The number of rotatable bonds is 7. The fourth-order valence-electron chi connectivity index (χ4n) is 1.87. The van der Waals surface area contributed by atoms with Crippen molar-refractivity contribution in [1.29, 1.82) is 0 Å². The number of hydrogen-bond acceptors (Lipinski definition) is 0. The van der Waals surface area contributed by atoms with Crippen molar-refractivity contribution in [2.24, 2.45) is 0 Å². The zero-order valence-electron chi connectivity index (χ0n) is 10.5. The number of nitrogens with zero attached hydrogens (tertiary/aromatic N) is 2. The van der Waals surface area contributed by atoms with Crippen LogP contribution in [-0.4, -0.2) is 4.57 Å². The predicted molar refractivity (Wildman–Crippen MR) is 63.8 cm³/mol. The lowest BCUT2D eigenvalue weighted by Crippen LogP contribution is -2.35. The molecular weight excluding hydrogens is 184 g/mol. The van der Waals surface area contributed by atoms with Gasteiger partial charge in [-0.2, -0.15) is 0 Å². The summed E-state index contributed by atoms with van der Waals surface area (Å²) in [6.07, 6.45) is 10.9. The molecule has 0 radical (unpaired) electrons. The summed E-state index contributed by atoms with van der Waals surface area (Å²) in [4.78, 5) is 0. The molecule has 0 spiro atoms. The Morgan fingerprint density at radius 3 is 2.53 bits per heavy atom. The predicted octanol–water partition coefficient (Wildman–Crippen LogP) is 3.07. The highest BCUT2D eigenvalue weighted by Gasteiger charge is 2.10. The molecule has 1 heterocycles. The van der Waals surface area contributed by atoms with Crippen LogP contribution in [0.25, 0.3) is 0 Å². The molecule has 2 nitrogen and oxygen atoms in total. The zero-order valence-corrected chi connectivity index (χ0v) is 10.5. The van der Waals surface area contributed by atoms with E-state index in [1.54, 1.807) is 0 Å². The summed E-state index contributed by atoms with van der Waals surface area (Å²) in [7, 11) is 0. The van der Waals surface area contributed by atoms with Gasteiger partial charge in [0.05, 0.1) is 13.1 Å². The normalized spacial score (nSPS) is 10.9. The smallest absolute Gasteiger partial charge is 0.234 e. The van der Waals surface area contributed by atoms with Crippen LogP contribution < -0.4 is 4.57 Å². The molecule has 0 fully saturated rings. The largest absolute Gasteiger partial charge is 0.253 e. The molecule has 0 saturated heterocycles. The Bertz CT molecular complexity index is 276. The molecule has 0 amide bonds. The molecule has 0 unspecified atom stereocenters. The zero-order chi connectivity index (χ0) is 11.1. The van der Waals surface area contributed by atoms with E-state index in [-0.39, 0.29) is 0 Å². The van der Waals surface area contributed by atoms with Crippen LogP contribution in [0.2, 0.25) is 0 Å². The van der Waals surface area contributed by atoms with E-state index in [4.69, 9.17) is 0 Å². The van der Waals surface area contributed by atoms with Gasteiger partial charge in [0.2, 0.25) is 0 Å². The average molecular weight is 209 g/mol. The van der Waals surface area contributed by atoms with Crippen molar-refractivity contribution in [1.82, 2.24) is 4.57 Å². The van der Waals surface area contributed by atoms with Crippen molar-refractivity contribution in [2.45, 2.75) is 66.0 Å². The van der Waals surface area contributed by atoms with Crippen molar-refractivity contribution in [3.63, 3.8) is 0 Å². The third kappa shape index (κ3) is 3.69. The third-order valence-corrected chi connectivity index (χ3v) is 3.01. The van der Waals surface area contributed by atoms with Crippen LogP contribution in [0.1, 0.15) is 51.8 Å². The third-order valence-electron chi connectivity index (χ3n) is 3.01. The first kappa shape index (κ1) is 12.3. The van der Waals surface area contributed by atoms with Crippen molar-refractivity contribution in [2.75, 3.05) is 0 Å². The van der Waals surface area contributed by atoms with E-state index >= 15 is 0 Å². The lowest BCUT2D eigenvalue weighted by molar-refractivity contribution is -0.702. The van der Waals surface area contributed by atoms with Crippen LogP contribution in [0.4, 0.5) is 0 Å². The van der Waals surface area contributed by atoms with Gasteiger partial charge in [-0.25, -0.2) is 9.13 Å².